The average molecular weight is 282 g/mol. The summed E-state index contributed by atoms with van der Waals surface area (Å²) < 4.78 is 1.64. The highest BCUT2D eigenvalue weighted by Gasteiger charge is 2.15. The Hall–Kier alpha value is -2.81. The zero-order valence-corrected chi connectivity index (χ0v) is 10.8. The van der Waals surface area contributed by atoms with Crippen molar-refractivity contribution in [2.75, 3.05) is 0 Å². The van der Waals surface area contributed by atoms with Gasteiger partial charge in [0.2, 0.25) is 10.8 Å². The molecule has 0 aromatic carbocycles. The van der Waals surface area contributed by atoms with Gasteiger partial charge in [-0.05, 0) is 0 Å². The van der Waals surface area contributed by atoms with Crippen LogP contribution < -0.4 is 0 Å². The normalized spacial score (nSPS) is 11.0. The van der Waals surface area contributed by atoms with E-state index in [4.69, 9.17) is 0 Å². The van der Waals surface area contributed by atoms with Crippen molar-refractivity contribution in [3.63, 3.8) is 0 Å². The number of rotatable bonds is 2. The molecular formula is C11H6N8S. The Kier molecular flexibility index (Phi) is 2.42. The molecule has 20 heavy (non-hydrogen) atoms. The first-order valence-corrected chi connectivity index (χ1v) is 6.48. The standard InChI is InChI=1S/C11H6N8S/c1-3-14-7(5-12-1)9-16-17-11-19(9)18-10(20-11)8-6-13-2-4-15-8/h1-6H. The number of nitrogens with zero attached hydrogens (tertiary/aromatic N) is 8. The summed E-state index contributed by atoms with van der Waals surface area (Å²) in [6.07, 6.45) is 9.74. The van der Waals surface area contributed by atoms with Crippen molar-refractivity contribution >= 4 is 16.3 Å². The molecular weight excluding hydrogens is 276 g/mol. The molecule has 0 fully saturated rings. The smallest absolute Gasteiger partial charge is 0.235 e. The molecule has 0 amide bonds. The average Bonchev–Trinajstić information content (AvgIpc) is 3.09. The van der Waals surface area contributed by atoms with Gasteiger partial charge in [0, 0.05) is 24.8 Å². The van der Waals surface area contributed by atoms with E-state index in [1.54, 1.807) is 41.7 Å². The Bertz CT molecular complexity index is 854. The van der Waals surface area contributed by atoms with Gasteiger partial charge in [-0.15, -0.1) is 10.2 Å². The van der Waals surface area contributed by atoms with Crippen LogP contribution in [-0.4, -0.2) is 39.7 Å². The molecule has 4 rings (SSSR count). The zero-order valence-electron chi connectivity index (χ0n) is 9.95. The van der Waals surface area contributed by atoms with E-state index in [9.17, 15) is 0 Å². The summed E-state index contributed by atoms with van der Waals surface area (Å²) in [7, 11) is 0. The highest BCUT2D eigenvalue weighted by molar-refractivity contribution is 7.19. The van der Waals surface area contributed by atoms with Crippen molar-refractivity contribution in [1.29, 1.82) is 0 Å². The molecule has 4 heterocycles. The van der Waals surface area contributed by atoms with Crippen LogP contribution in [0.25, 0.3) is 27.2 Å². The maximum Gasteiger partial charge on any atom is 0.235 e. The van der Waals surface area contributed by atoms with E-state index in [1.807, 2.05) is 0 Å². The summed E-state index contributed by atoms with van der Waals surface area (Å²) in [6, 6.07) is 0. The zero-order chi connectivity index (χ0) is 13.4. The van der Waals surface area contributed by atoms with Gasteiger partial charge >= 0.3 is 0 Å². The minimum Gasteiger partial charge on any atom is -0.261 e. The van der Waals surface area contributed by atoms with Crippen molar-refractivity contribution in [2.45, 2.75) is 0 Å². The summed E-state index contributed by atoms with van der Waals surface area (Å²) in [4.78, 5) is 17.2. The van der Waals surface area contributed by atoms with Crippen LogP contribution in [0.2, 0.25) is 0 Å². The predicted molar refractivity (Wildman–Crippen MR) is 70.7 cm³/mol. The largest absolute Gasteiger partial charge is 0.261 e. The van der Waals surface area contributed by atoms with Crippen LogP contribution in [-0.2, 0) is 0 Å². The third-order valence-electron chi connectivity index (χ3n) is 2.57. The van der Waals surface area contributed by atoms with Gasteiger partial charge in [0.25, 0.3) is 0 Å². The van der Waals surface area contributed by atoms with Crippen molar-refractivity contribution < 1.29 is 0 Å². The summed E-state index contributed by atoms with van der Waals surface area (Å²) in [5, 5.41) is 13.4. The van der Waals surface area contributed by atoms with Crippen LogP contribution >= 0.6 is 11.3 Å². The molecule has 4 aromatic rings. The second kappa shape index (κ2) is 4.38. The van der Waals surface area contributed by atoms with E-state index in [0.717, 1.165) is 5.01 Å². The maximum absolute atomic E-state index is 4.46. The van der Waals surface area contributed by atoms with Gasteiger partial charge in [-0.3, -0.25) is 15.0 Å². The van der Waals surface area contributed by atoms with Gasteiger partial charge in [-0.25, -0.2) is 4.98 Å². The highest BCUT2D eigenvalue weighted by Crippen LogP contribution is 2.25. The molecule has 0 unspecified atom stereocenters. The summed E-state index contributed by atoms with van der Waals surface area (Å²) >= 11 is 1.39. The Morgan fingerprint density at radius 2 is 1.60 bits per heavy atom. The first kappa shape index (κ1) is 11.1. The fraction of sp³-hybridized carbons (Fsp3) is 0. The molecule has 0 saturated carbocycles. The highest BCUT2D eigenvalue weighted by atomic mass is 32.1. The molecule has 0 radical (unpaired) electrons. The quantitative estimate of drug-likeness (QED) is 0.543. The third kappa shape index (κ3) is 1.72. The Morgan fingerprint density at radius 1 is 0.850 bits per heavy atom. The van der Waals surface area contributed by atoms with Crippen LogP contribution in [0.4, 0.5) is 0 Å². The van der Waals surface area contributed by atoms with Gasteiger partial charge in [0.15, 0.2) is 5.01 Å². The maximum atomic E-state index is 4.46. The fourth-order valence-corrected chi connectivity index (χ4v) is 2.51. The lowest BCUT2D eigenvalue weighted by Crippen LogP contribution is -1.94. The summed E-state index contributed by atoms with van der Waals surface area (Å²) in [5.74, 6) is 0.555. The topological polar surface area (TPSA) is 94.6 Å². The molecule has 0 aliphatic heterocycles. The Morgan fingerprint density at radius 3 is 2.30 bits per heavy atom. The molecule has 0 spiro atoms. The second-order valence-corrected chi connectivity index (χ2v) is 4.76. The minimum atomic E-state index is 0.555. The molecule has 0 atom stereocenters. The molecule has 9 heteroatoms. The Labute approximate surface area is 116 Å². The first-order chi connectivity index (χ1) is 9.92. The van der Waals surface area contributed by atoms with E-state index in [-0.39, 0.29) is 0 Å². The second-order valence-electron chi connectivity index (χ2n) is 3.81. The van der Waals surface area contributed by atoms with Crippen LogP contribution in [0.5, 0.6) is 0 Å². The van der Waals surface area contributed by atoms with Crippen molar-refractivity contribution in [3.05, 3.63) is 37.2 Å². The molecule has 4 aromatic heterocycles. The lowest BCUT2D eigenvalue weighted by molar-refractivity contribution is 0.953. The van der Waals surface area contributed by atoms with Gasteiger partial charge in [0.05, 0.1) is 12.4 Å². The molecule has 0 saturated heterocycles. The number of hydrogen-bond donors (Lipinski definition) is 0. The SMILES string of the molecule is c1cnc(-c2nn3c(-c4cnccn4)nnc3s2)cn1. The summed E-state index contributed by atoms with van der Waals surface area (Å²) in [5.41, 5.74) is 1.32. The van der Waals surface area contributed by atoms with Gasteiger partial charge in [-0.1, -0.05) is 11.3 Å². The van der Waals surface area contributed by atoms with E-state index < -0.39 is 0 Å². The minimum absolute atomic E-state index is 0.555. The Balaban J connectivity index is 1.88. The lowest BCUT2D eigenvalue weighted by atomic mass is 10.4. The number of fused-ring (bicyclic) bond motifs is 1. The molecule has 0 bridgehead atoms. The van der Waals surface area contributed by atoms with Crippen molar-refractivity contribution in [3.8, 4) is 22.2 Å². The van der Waals surface area contributed by atoms with Gasteiger partial charge in [-0.2, -0.15) is 9.61 Å². The number of hydrogen-bond acceptors (Lipinski definition) is 8. The monoisotopic (exact) mass is 282 g/mol. The van der Waals surface area contributed by atoms with Crippen LogP contribution in [0, 0.1) is 0 Å². The van der Waals surface area contributed by atoms with Crippen molar-refractivity contribution in [1.82, 2.24) is 39.7 Å². The molecule has 0 N–H and O–H groups in total. The van der Waals surface area contributed by atoms with Crippen molar-refractivity contribution in [2.24, 2.45) is 0 Å². The molecule has 0 aliphatic rings. The van der Waals surface area contributed by atoms with Crippen LogP contribution in [0.1, 0.15) is 0 Å². The van der Waals surface area contributed by atoms with E-state index in [2.05, 4.69) is 35.2 Å². The van der Waals surface area contributed by atoms with Crippen LogP contribution in [0.15, 0.2) is 37.2 Å². The molecule has 0 aliphatic carbocycles. The van der Waals surface area contributed by atoms with E-state index >= 15 is 0 Å². The predicted octanol–water partition coefficient (Wildman–Crippen LogP) is 1.10. The van der Waals surface area contributed by atoms with Gasteiger partial charge in [0.1, 0.15) is 11.4 Å². The fourth-order valence-electron chi connectivity index (χ4n) is 1.70. The molecule has 8 nitrogen and oxygen atoms in total. The van der Waals surface area contributed by atoms with Crippen LogP contribution in [0.3, 0.4) is 0 Å². The van der Waals surface area contributed by atoms with E-state index in [1.165, 1.54) is 11.3 Å². The third-order valence-corrected chi connectivity index (χ3v) is 3.49. The first-order valence-electron chi connectivity index (χ1n) is 5.67. The van der Waals surface area contributed by atoms with E-state index in [0.29, 0.717) is 22.2 Å². The lowest BCUT2D eigenvalue weighted by Gasteiger charge is -1.94. The molecule has 96 valence electrons. The summed E-state index contributed by atoms with van der Waals surface area (Å²) in [6.45, 7) is 0. The number of aromatic nitrogens is 8. The van der Waals surface area contributed by atoms with Gasteiger partial charge < -0.3 is 0 Å².